The van der Waals surface area contributed by atoms with E-state index in [1.165, 1.54) is 37.9 Å². The lowest BCUT2D eigenvalue weighted by molar-refractivity contribution is 0.669. The van der Waals surface area contributed by atoms with Crippen LogP contribution in [0.4, 0.5) is 0 Å². The lowest BCUT2D eigenvalue weighted by atomic mass is 9.78. The average molecular weight is 754 g/mol. The SMILES string of the molecule is C1=CC2(c3ccc4c5ccc(-c6cccc7oc8ccc(-c9nc(-c%10ccccc%10)nc(-c%10ccccc%10)n9)cc8c67)cc5c5ccccc5c4c3)C=CC3C1C3C=C2. The van der Waals surface area contributed by atoms with E-state index in [2.05, 4.69) is 121 Å². The van der Waals surface area contributed by atoms with Crippen molar-refractivity contribution in [2.24, 2.45) is 17.8 Å². The van der Waals surface area contributed by atoms with E-state index in [9.17, 15) is 0 Å². The molecule has 4 bridgehead atoms. The number of fused-ring (bicyclic) bond motifs is 9. The minimum atomic E-state index is -0.198. The number of aromatic nitrogens is 3. The molecule has 0 spiro atoms. The molecule has 4 heteroatoms. The van der Waals surface area contributed by atoms with Gasteiger partial charge < -0.3 is 4.42 Å². The van der Waals surface area contributed by atoms with Crippen LogP contribution in [0.3, 0.4) is 0 Å². The first-order chi connectivity index (χ1) is 29.2. The predicted octanol–water partition coefficient (Wildman–Crippen LogP) is 13.7. The molecule has 2 heterocycles. The highest BCUT2D eigenvalue weighted by Crippen LogP contribution is 2.55. The van der Waals surface area contributed by atoms with Crippen molar-refractivity contribution in [2.45, 2.75) is 5.41 Å². The van der Waals surface area contributed by atoms with Gasteiger partial charge in [0.25, 0.3) is 0 Å². The van der Waals surface area contributed by atoms with Gasteiger partial charge in [0.05, 0.1) is 0 Å². The molecule has 2 aromatic heterocycles. The molecule has 1 fully saturated rings. The summed E-state index contributed by atoms with van der Waals surface area (Å²) < 4.78 is 6.54. The summed E-state index contributed by atoms with van der Waals surface area (Å²) in [5.41, 5.74) is 7.83. The standard InChI is InChI=1S/C55H35N3O/c1-3-10-33(11-4-1)52-56-53(34-12-5-2-6-13-34)58-54(57-52)36-19-23-49-48(31-36)51-38(16-9-17-50(51)59-49)35-18-21-41-42-22-20-37(55-27-24-43-44(25-28-55)45(43)26-29-55)32-47(42)40-15-8-7-14-39(40)46(41)30-35/h1-32,43-45H. The highest BCUT2D eigenvalue weighted by molar-refractivity contribution is 6.26. The van der Waals surface area contributed by atoms with Crippen molar-refractivity contribution >= 4 is 54.3 Å². The second kappa shape index (κ2) is 12.3. The fourth-order valence-corrected chi connectivity index (χ4v) is 9.96. The molecule has 4 aliphatic rings. The highest BCUT2D eigenvalue weighted by Gasteiger charge is 2.49. The molecular weight excluding hydrogens is 719 g/mol. The van der Waals surface area contributed by atoms with Gasteiger partial charge in [-0.2, -0.15) is 0 Å². The molecule has 0 radical (unpaired) electrons. The van der Waals surface area contributed by atoms with E-state index >= 15 is 0 Å². The molecule has 276 valence electrons. The Morgan fingerprint density at radius 1 is 0.373 bits per heavy atom. The maximum Gasteiger partial charge on any atom is 0.164 e. The van der Waals surface area contributed by atoms with Crippen molar-refractivity contribution in [3.8, 4) is 45.3 Å². The van der Waals surface area contributed by atoms with E-state index in [1.54, 1.807) is 0 Å². The molecule has 0 atom stereocenters. The van der Waals surface area contributed by atoms with Gasteiger partial charge in [-0.3, -0.25) is 0 Å². The van der Waals surface area contributed by atoms with Gasteiger partial charge in [0, 0.05) is 32.9 Å². The number of hydrogen-bond acceptors (Lipinski definition) is 4. The summed E-state index contributed by atoms with van der Waals surface area (Å²) >= 11 is 0. The Kier molecular flexibility index (Phi) is 6.80. The Hall–Kier alpha value is -7.43. The minimum absolute atomic E-state index is 0.198. The third-order valence-electron chi connectivity index (χ3n) is 13.1. The molecule has 0 amide bonds. The first kappa shape index (κ1) is 32.6. The largest absolute Gasteiger partial charge is 0.456 e. The molecule has 0 saturated heterocycles. The number of allylic oxidation sites excluding steroid dienone is 6. The number of furan rings is 1. The molecule has 4 aliphatic carbocycles. The molecule has 1 saturated carbocycles. The summed E-state index contributed by atoms with van der Waals surface area (Å²) in [5, 5.41) is 9.67. The Morgan fingerprint density at radius 3 is 1.54 bits per heavy atom. The Balaban J connectivity index is 0.972. The molecular formula is C55H35N3O. The van der Waals surface area contributed by atoms with Crippen LogP contribution in [-0.4, -0.2) is 15.0 Å². The van der Waals surface area contributed by atoms with E-state index in [4.69, 9.17) is 19.4 Å². The monoisotopic (exact) mass is 753 g/mol. The molecule has 59 heavy (non-hydrogen) atoms. The molecule has 14 rings (SSSR count). The molecule has 0 unspecified atom stereocenters. The van der Waals surface area contributed by atoms with Crippen molar-refractivity contribution < 1.29 is 4.42 Å². The third-order valence-corrected chi connectivity index (χ3v) is 13.1. The van der Waals surface area contributed by atoms with Crippen LogP contribution < -0.4 is 0 Å². The molecule has 0 aliphatic heterocycles. The van der Waals surface area contributed by atoms with E-state index < -0.39 is 0 Å². The Bertz CT molecular complexity index is 3340. The van der Waals surface area contributed by atoms with E-state index in [0.717, 1.165) is 49.8 Å². The van der Waals surface area contributed by atoms with E-state index in [-0.39, 0.29) is 5.41 Å². The molecule has 4 nitrogen and oxygen atoms in total. The van der Waals surface area contributed by atoms with Crippen molar-refractivity contribution in [3.63, 3.8) is 0 Å². The van der Waals surface area contributed by atoms with Crippen molar-refractivity contribution in [1.82, 2.24) is 15.0 Å². The summed E-state index contributed by atoms with van der Waals surface area (Å²) in [6, 6.07) is 55.8. The summed E-state index contributed by atoms with van der Waals surface area (Å²) in [4.78, 5) is 15.0. The summed E-state index contributed by atoms with van der Waals surface area (Å²) in [6.07, 6.45) is 14.7. The molecule has 0 N–H and O–H groups in total. The van der Waals surface area contributed by atoms with Crippen LogP contribution in [-0.2, 0) is 5.41 Å². The maximum absolute atomic E-state index is 6.54. The Morgan fingerprint density at radius 2 is 0.898 bits per heavy atom. The van der Waals surface area contributed by atoms with Crippen molar-refractivity contribution in [2.75, 3.05) is 0 Å². The first-order valence-corrected chi connectivity index (χ1v) is 20.5. The fraction of sp³-hybridized carbons (Fsp3) is 0.0727. The van der Waals surface area contributed by atoms with E-state index in [0.29, 0.717) is 35.2 Å². The van der Waals surface area contributed by atoms with Crippen LogP contribution in [0.25, 0.3) is 99.5 Å². The lowest BCUT2D eigenvalue weighted by Crippen LogP contribution is -2.16. The number of hydrogen-bond donors (Lipinski definition) is 0. The van der Waals surface area contributed by atoms with Gasteiger partial charge in [0.15, 0.2) is 17.5 Å². The van der Waals surface area contributed by atoms with Crippen LogP contribution in [0.1, 0.15) is 5.56 Å². The normalized spacial score (nSPS) is 20.2. The van der Waals surface area contributed by atoms with Crippen molar-refractivity contribution in [3.05, 3.63) is 200 Å². The van der Waals surface area contributed by atoms with Gasteiger partial charge in [-0.15, -0.1) is 0 Å². The average Bonchev–Trinajstić information content (AvgIpc) is 4.00. The van der Waals surface area contributed by atoms with Crippen LogP contribution in [0, 0.1) is 17.8 Å². The second-order valence-corrected chi connectivity index (χ2v) is 16.3. The fourth-order valence-electron chi connectivity index (χ4n) is 9.96. The summed E-state index contributed by atoms with van der Waals surface area (Å²) in [5.74, 6) is 3.88. The molecule has 10 aromatic rings. The minimum Gasteiger partial charge on any atom is -0.456 e. The Labute approximate surface area is 340 Å². The van der Waals surface area contributed by atoms with Gasteiger partial charge in [-0.05, 0) is 103 Å². The number of benzene rings is 8. The van der Waals surface area contributed by atoms with Gasteiger partial charge in [-0.1, -0.05) is 158 Å². The van der Waals surface area contributed by atoms with Crippen LogP contribution >= 0.6 is 0 Å². The second-order valence-electron chi connectivity index (χ2n) is 16.3. The van der Waals surface area contributed by atoms with Crippen LogP contribution in [0.15, 0.2) is 199 Å². The highest BCUT2D eigenvalue weighted by atomic mass is 16.3. The van der Waals surface area contributed by atoms with Crippen molar-refractivity contribution in [1.29, 1.82) is 0 Å². The summed E-state index contributed by atoms with van der Waals surface area (Å²) in [7, 11) is 0. The third kappa shape index (κ3) is 4.99. The summed E-state index contributed by atoms with van der Waals surface area (Å²) in [6.45, 7) is 0. The maximum atomic E-state index is 6.54. The van der Waals surface area contributed by atoms with Crippen LogP contribution in [0.2, 0.25) is 0 Å². The smallest absolute Gasteiger partial charge is 0.164 e. The zero-order valence-electron chi connectivity index (χ0n) is 32.0. The molecule has 8 aromatic carbocycles. The number of rotatable bonds is 5. The van der Waals surface area contributed by atoms with Gasteiger partial charge in [0.2, 0.25) is 0 Å². The predicted molar refractivity (Wildman–Crippen MR) is 241 cm³/mol. The number of nitrogens with zero attached hydrogens (tertiary/aromatic N) is 3. The van der Waals surface area contributed by atoms with Gasteiger partial charge in [-0.25, -0.2) is 15.0 Å². The van der Waals surface area contributed by atoms with Gasteiger partial charge in [0.1, 0.15) is 11.2 Å². The van der Waals surface area contributed by atoms with E-state index in [1.807, 2.05) is 72.8 Å². The zero-order valence-corrected chi connectivity index (χ0v) is 32.0. The zero-order chi connectivity index (χ0) is 38.7. The quantitative estimate of drug-likeness (QED) is 0.130. The topological polar surface area (TPSA) is 51.8 Å². The van der Waals surface area contributed by atoms with Crippen LogP contribution in [0.5, 0.6) is 0 Å². The van der Waals surface area contributed by atoms with Gasteiger partial charge >= 0.3 is 0 Å². The lowest BCUT2D eigenvalue weighted by Gasteiger charge is -2.24. The first-order valence-electron chi connectivity index (χ1n) is 20.5.